The Morgan fingerprint density at radius 3 is 2.29 bits per heavy atom. The predicted molar refractivity (Wildman–Crippen MR) is 91.2 cm³/mol. The van der Waals surface area contributed by atoms with Crippen molar-refractivity contribution in [1.82, 2.24) is 10.2 Å². The van der Waals surface area contributed by atoms with Crippen molar-refractivity contribution in [3.05, 3.63) is 23.3 Å². The molecule has 0 saturated heterocycles. The normalized spacial score (nSPS) is 14.6. The molecule has 1 aromatic rings. The van der Waals surface area contributed by atoms with Gasteiger partial charge in [0.15, 0.2) is 11.5 Å². The van der Waals surface area contributed by atoms with Crippen LogP contribution in [0, 0.1) is 0 Å². The molecule has 0 saturated carbocycles. The third-order valence-electron chi connectivity index (χ3n) is 3.98. The summed E-state index contributed by atoms with van der Waals surface area (Å²) in [5, 5.41) is 2.65. The molecule has 24 heavy (non-hydrogen) atoms. The molecular formula is C18H26N2O4. The van der Waals surface area contributed by atoms with Crippen molar-refractivity contribution in [2.24, 2.45) is 0 Å². The minimum atomic E-state index is -0.516. The molecule has 6 nitrogen and oxygen atoms in total. The van der Waals surface area contributed by atoms with Crippen LogP contribution < -0.4 is 14.8 Å². The lowest BCUT2D eigenvalue weighted by Gasteiger charge is -2.31. The molecule has 1 N–H and O–H groups in total. The summed E-state index contributed by atoms with van der Waals surface area (Å²) in [7, 11) is 0. The van der Waals surface area contributed by atoms with Gasteiger partial charge in [-0.25, -0.2) is 0 Å². The lowest BCUT2D eigenvalue weighted by atomic mass is 9.98. The first kappa shape index (κ1) is 18.1. The van der Waals surface area contributed by atoms with E-state index in [2.05, 4.69) is 5.32 Å². The molecule has 0 bridgehead atoms. The highest BCUT2D eigenvalue weighted by Gasteiger charge is 2.26. The molecule has 0 spiro atoms. The van der Waals surface area contributed by atoms with Gasteiger partial charge < -0.3 is 19.7 Å². The molecule has 0 fully saturated rings. The molecule has 1 aliphatic rings. The maximum atomic E-state index is 12.5. The molecular weight excluding hydrogens is 308 g/mol. The summed E-state index contributed by atoms with van der Waals surface area (Å²) >= 11 is 0. The van der Waals surface area contributed by atoms with Crippen LogP contribution in [0.3, 0.4) is 0 Å². The van der Waals surface area contributed by atoms with E-state index in [0.29, 0.717) is 32.1 Å². The number of nitrogens with zero attached hydrogens (tertiary/aromatic N) is 1. The Morgan fingerprint density at radius 1 is 1.17 bits per heavy atom. The van der Waals surface area contributed by atoms with Gasteiger partial charge >= 0.3 is 0 Å². The number of carbonyl (C=O) groups excluding carboxylic acids is 2. The Labute approximate surface area is 143 Å². The number of benzene rings is 1. The van der Waals surface area contributed by atoms with E-state index < -0.39 is 6.04 Å². The van der Waals surface area contributed by atoms with Crippen LogP contribution in [-0.4, -0.2) is 42.5 Å². The molecule has 0 radical (unpaired) electrons. The zero-order chi connectivity index (χ0) is 17.7. The second-order valence-corrected chi connectivity index (χ2v) is 5.87. The van der Waals surface area contributed by atoms with Crippen LogP contribution in [0.5, 0.6) is 11.5 Å². The van der Waals surface area contributed by atoms with E-state index in [-0.39, 0.29) is 11.8 Å². The van der Waals surface area contributed by atoms with Crippen LogP contribution in [-0.2, 0) is 22.6 Å². The van der Waals surface area contributed by atoms with Gasteiger partial charge in [0.25, 0.3) is 0 Å². The number of carbonyl (C=O) groups is 2. The van der Waals surface area contributed by atoms with Crippen molar-refractivity contribution in [1.29, 1.82) is 0 Å². The average molecular weight is 334 g/mol. The summed E-state index contributed by atoms with van der Waals surface area (Å²) in [4.78, 5) is 25.4. The average Bonchev–Trinajstić information content (AvgIpc) is 2.54. The van der Waals surface area contributed by atoms with E-state index >= 15 is 0 Å². The van der Waals surface area contributed by atoms with Gasteiger partial charge in [-0.3, -0.25) is 9.59 Å². The highest BCUT2D eigenvalue weighted by Crippen LogP contribution is 2.34. The van der Waals surface area contributed by atoms with Crippen molar-refractivity contribution in [2.75, 3.05) is 19.8 Å². The van der Waals surface area contributed by atoms with Gasteiger partial charge in [0.1, 0.15) is 6.04 Å². The van der Waals surface area contributed by atoms with Gasteiger partial charge in [0.2, 0.25) is 11.8 Å². The fraction of sp³-hybridized carbons (Fsp3) is 0.556. The second-order valence-electron chi connectivity index (χ2n) is 5.87. The van der Waals surface area contributed by atoms with Gasteiger partial charge in [0, 0.05) is 20.0 Å². The Balaban J connectivity index is 2.18. The topological polar surface area (TPSA) is 67.9 Å². The maximum Gasteiger partial charge on any atom is 0.245 e. The number of amides is 2. The Hall–Kier alpha value is -2.24. The molecule has 1 aliphatic heterocycles. The zero-order valence-corrected chi connectivity index (χ0v) is 14.8. The van der Waals surface area contributed by atoms with Crippen LogP contribution in [0.4, 0.5) is 0 Å². The first-order chi connectivity index (χ1) is 11.5. The minimum Gasteiger partial charge on any atom is -0.490 e. The molecule has 6 heteroatoms. The molecule has 1 unspecified atom stereocenters. The van der Waals surface area contributed by atoms with Gasteiger partial charge in [-0.1, -0.05) is 0 Å². The van der Waals surface area contributed by atoms with Gasteiger partial charge in [-0.15, -0.1) is 0 Å². The summed E-state index contributed by atoms with van der Waals surface area (Å²) in [6.45, 7) is 9.29. The fourth-order valence-corrected chi connectivity index (χ4v) is 2.93. The van der Waals surface area contributed by atoms with E-state index in [4.69, 9.17) is 9.47 Å². The third kappa shape index (κ3) is 4.19. The lowest BCUT2D eigenvalue weighted by Crippen LogP contribution is -2.47. The highest BCUT2D eigenvalue weighted by molar-refractivity contribution is 5.86. The van der Waals surface area contributed by atoms with E-state index in [9.17, 15) is 9.59 Å². The SMILES string of the molecule is CCOc1cc2c(cc1OCC)CN(C(=O)C(C)NC(C)=O)CC2. The van der Waals surface area contributed by atoms with Crippen LogP contribution in [0.15, 0.2) is 12.1 Å². The third-order valence-corrected chi connectivity index (χ3v) is 3.98. The van der Waals surface area contributed by atoms with Crippen LogP contribution >= 0.6 is 0 Å². The lowest BCUT2D eigenvalue weighted by molar-refractivity contribution is -0.136. The first-order valence-electron chi connectivity index (χ1n) is 8.43. The minimum absolute atomic E-state index is 0.0669. The van der Waals surface area contributed by atoms with Crippen LogP contribution in [0.25, 0.3) is 0 Å². The molecule has 0 aromatic heterocycles. The smallest absolute Gasteiger partial charge is 0.245 e. The molecule has 132 valence electrons. The highest BCUT2D eigenvalue weighted by atomic mass is 16.5. The summed E-state index contributed by atoms with van der Waals surface area (Å²) < 4.78 is 11.3. The molecule has 2 rings (SSSR count). The van der Waals surface area contributed by atoms with Crippen molar-refractivity contribution < 1.29 is 19.1 Å². The summed E-state index contributed by atoms with van der Waals surface area (Å²) in [5.41, 5.74) is 2.25. The number of fused-ring (bicyclic) bond motifs is 1. The van der Waals surface area contributed by atoms with E-state index in [1.807, 2.05) is 26.0 Å². The zero-order valence-electron chi connectivity index (χ0n) is 14.8. The van der Waals surface area contributed by atoms with E-state index in [1.54, 1.807) is 11.8 Å². The summed E-state index contributed by atoms with van der Waals surface area (Å²) in [5.74, 6) is 1.20. The molecule has 2 amide bonds. The summed E-state index contributed by atoms with van der Waals surface area (Å²) in [6.07, 6.45) is 0.764. The Bertz CT molecular complexity index is 615. The first-order valence-corrected chi connectivity index (χ1v) is 8.43. The second kappa shape index (κ2) is 8.04. The maximum absolute atomic E-state index is 12.5. The molecule has 1 atom stereocenters. The standard InChI is InChI=1S/C18H26N2O4/c1-5-23-16-9-14-7-8-20(18(22)12(3)19-13(4)21)11-15(14)10-17(16)24-6-2/h9-10,12H,5-8,11H2,1-4H3,(H,19,21). The molecule has 1 heterocycles. The molecule has 1 aromatic carbocycles. The van der Waals surface area contributed by atoms with Crippen molar-refractivity contribution in [3.8, 4) is 11.5 Å². The van der Waals surface area contributed by atoms with Crippen molar-refractivity contribution in [2.45, 2.75) is 46.7 Å². The van der Waals surface area contributed by atoms with Gasteiger partial charge in [-0.2, -0.15) is 0 Å². The summed E-state index contributed by atoms with van der Waals surface area (Å²) in [6, 6.07) is 3.47. The quantitative estimate of drug-likeness (QED) is 0.863. The Morgan fingerprint density at radius 2 is 1.75 bits per heavy atom. The predicted octanol–water partition coefficient (Wildman–Crippen LogP) is 1.89. The van der Waals surface area contributed by atoms with Gasteiger partial charge in [0.05, 0.1) is 13.2 Å². The van der Waals surface area contributed by atoms with Gasteiger partial charge in [-0.05, 0) is 50.5 Å². The Kier molecular flexibility index (Phi) is 6.06. The molecule has 0 aliphatic carbocycles. The number of nitrogens with one attached hydrogen (secondary N) is 1. The number of ether oxygens (including phenoxy) is 2. The van der Waals surface area contributed by atoms with Crippen molar-refractivity contribution in [3.63, 3.8) is 0 Å². The van der Waals surface area contributed by atoms with E-state index in [1.165, 1.54) is 12.5 Å². The van der Waals surface area contributed by atoms with E-state index in [0.717, 1.165) is 17.7 Å². The number of hydrogen-bond donors (Lipinski definition) is 1. The van der Waals surface area contributed by atoms with Crippen LogP contribution in [0.2, 0.25) is 0 Å². The fourth-order valence-electron chi connectivity index (χ4n) is 2.93. The van der Waals surface area contributed by atoms with Crippen molar-refractivity contribution >= 4 is 11.8 Å². The number of rotatable bonds is 6. The monoisotopic (exact) mass is 334 g/mol. The van der Waals surface area contributed by atoms with Crippen LogP contribution in [0.1, 0.15) is 38.8 Å². The largest absolute Gasteiger partial charge is 0.490 e. The number of hydrogen-bond acceptors (Lipinski definition) is 4.